The third-order valence-electron chi connectivity index (χ3n) is 4.20. The number of rotatable bonds is 6. The maximum absolute atomic E-state index is 12.1. The Morgan fingerprint density at radius 1 is 1.11 bits per heavy atom. The maximum Gasteiger partial charge on any atom is 0.248 e. The minimum atomic E-state index is -3.18. The number of carbonyl (C=O) groups excluding carboxylic acids is 1. The van der Waals surface area contributed by atoms with E-state index in [1.165, 1.54) is 10.4 Å². The zero-order valence-electron chi connectivity index (χ0n) is 16.0. The van der Waals surface area contributed by atoms with Crippen LogP contribution in [-0.2, 0) is 14.8 Å². The monoisotopic (exact) mass is 400 g/mol. The molecule has 0 saturated carbocycles. The van der Waals surface area contributed by atoms with Crippen LogP contribution in [0.3, 0.4) is 0 Å². The highest BCUT2D eigenvalue weighted by molar-refractivity contribution is 7.93. The Kier molecular flexibility index (Phi) is 6.04. The van der Waals surface area contributed by atoms with Gasteiger partial charge in [-0.1, -0.05) is 12.1 Å². The summed E-state index contributed by atoms with van der Waals surface area (Å²) in [4.78, 5) is 12.1. The third-order valence-corrected chi connectivity index (χ3v) is 6.07. The number of carbonyl (C=O) groups is 1. The van der Waals surface area contributed by atoms with Gasteiger partial charge in [-0.15, -0.1) is 0 Å². The summed E-state index contributed by atoms with van der Waals surface area (Å²) < 4.78 is 30.9. The number of amides is 1. The first-order valence-electron chi connectivity index (χ1n) is 9.20. The van der Waals surface area contributed by atoms with E-state index in [-0.39, 0.29) is 17.8 Å². The van der Waals surface area contributed by atoms with E-state index in [0.717, 1.165) is 11.3 Å². The van der Waals surface area contributed by atoms with Crippen molar-refractivity contribution in [2.24, 2.45) is 0 Å². The fraction of sp³-hybridized carbons (Fsp3) is 0.286. The molecule has 0 unspecified atom stereocenters. The van der Waals surface area contributed by atoms with Crippen LogP contribution in [0.1, 0.15) is 25.8 Å². The smallest absolute Gasteiger partial charge is 0.248 e. The summed E-state index contributed by atoms with van der Waals surface area (Å²) >= 11 is 0. The third kappa shape index (κ3) is 5.13. The van der Waals surface area contributed by atoms with E-state index in [9.17, 15) is 13.2 Å². The Bertz CT molecular complexity index is 949. The molecule has 1 aliphatic heterocycles. The van der Waals surface area contributed by atoms with Gasteiger partial charge in [-0.2, -0.15) is 0 Å². The van der Waals surface area contributed by atoms with Crippen molar-refractivity contribution in [2.45, 2.75) is 26.4 Å². The molecule has 1 saturated heterocycles. The Hall–Kier alpha value is -2.80. The highest BCUT2D eigenvalue weighted by atomic mass is 32.2. The number of nitrogens with zero attached hydrogens (tertiary/aromatic N) is 1. The molecule has 6 nitrogen and oxygen atoms in total. The van der Waals surface area contributed by atoms with Gasteiger partial charge in [0.1, 0.15) is 5.75 Å². The van der Waals surface area contributed by atoms with E-state index in [2.05, 4.69) is 5.32 Å². The average molecular weight is 401 g/mol. The number of hydrogen-bond acceptors (Lipinski definition) is 4. The van der Waals surface area contributed by atoms with Crippen molar-refractivity contribution in [3.63, 3.8) is 0 Å². The molecule has 1 heterocycles. The van der Waals surface area contributed by atoms with Crippen LogP contribution in [0.5, 0.6) is 5.75 Å². The van der Waals surface area contributed by atoms with Gasteiger partial charge in [0.05, 0.1) is 17.5 Å². The Morgan fingerprint density at radius 2 is 1.79 bits per heavy atom. The molecule has 0 bridgehead atoms. The van der Waals surface area contributed by atoms with Crippen molar-refractivity contribution in [3.8, 4) is 5.75 Å². The molecule has 1 amide bonds. The fourth-order valence-electron chi connectivity index (χ4n) is 2.93. The number of anilines is 2. The molecule has 0 spiro atoms. The van der Waals surface area contributed by atoms with E-state index >= 15 is 0 Å². The van der Waals surface area contributed by atoms with Crippen LogP contribution in [-0.4, -0.2) is 32.7 Å². The molecule has 0 aromatic heterocycles. The van der Waals surface area contributed by atoms with E-state index in [1.807, 2.05) is 26.0 Å². The second-order valence-electron chi connectivity index (χ2n) is 6.85. The van der Waals surface area contributed by atoms with Crippen LogP contribution in [0.4, 0.5) is 11.4 Å². The summed E-state index contributed by atoms with van der Waals surface area (Å²) in [6.07, 6.45) is 3.88. The van der Waals surface area contributed by atoms with E-state index in [4.69, 9.17) is 4.74 Å². The van der Waals surface area contributed by atoms with Crippen molar-refractivity contribution < 1.29 is 17.9 Å². The lowest BCUT2D eigenvalue weighted by molar-refractivity contribution is -0.111. The second kappa shape index (κ2) is 8.48. The van der Waals surface area contributed by atoms with Crippen molar-refractivity contribution >= 4 is 33.4 Å². The van der Waals surface area contributed by atoms with Gasteiger partial charge in [0.2, 0.25) is 15.9 Å². The van der Waals surface area contributed by atoms with Gasteiger partial charge in [0.15, 0.2) is 0 Å². The van der Waals surface area contributed by atoms with E-state index in [1.54, 1.807) is 42.5 Å². The van der Waals surface area contributed by atoms with Gasteiger partial charge in [-0.3, -0.25) is 9.10 Å². The molecule has 0 atom stereocenters. The van der Waals surface area contributed by atoms with Gasteiger partial charge in [-0.25, -0.2) is 8.42 Å². The molecule has 7 heteroatoms. The molecule has 0 aliphatic carbocycles. The van der Waals surface area contributed by atoms with Crippen LogP contribution in [0, 0.1) is 0 Å². The number of nitrogens with one attached hydrogen (secondary N) is 1. The van der Waals surface area contributed by atoms with E-state index < -0.39 is 10.0 Å². The fourth-order valence-corrected chi connectivity index (χ4v) is 4.49. The lowest BCUT2D eigenvalue weighted by Gasteiger charge is -2.16. The van der Waals surface area contributed by atoms with Gasteiger partial charge in [-0.05, 0) is 68.3 Å². The van der Waals surface area contributed by atoms with Gasteiger partial charge >= 0.3 is 0 Å². The molecule has 0 radical (unpaired) electrons. The zero-order chi connectivity index (χ0) is 20.1. The van der Waals surface area contributed by atoms with Crippen LogP contribution in [0.15, 0.2) is 54.6 Å². The van der Waals surface area contributed by atoms with Crippen LogP contribution < -0.4 is 14.4 Å². The second-order valence-corrected chi connectivity index (χ2v) is 8.86. The van der Waals surface area contributed by atoms with Crippen LogP contribution >= 0.6 is 0 Å². The normalized spacial score (nSPS) is 15.9. The highest BCUT2D eigenvalue weighted by Crippen LogP contribution is 2.24. The van der Waals surface area contributed by atoms with Gasteiger partial charge in [0, 0.05) is 18.3 Å². The summed E-state index contributed by atoms with van der Waals surface area (Å²) in [6, 6.07) is 14.3. The summed E-state index contributed by atoms with van der Waals surface area (Å²) in [5, 5.41) is 2.79. The Labute approximate surface area is 165 Å². The molecule has 1 aliphatic rings. The first kappa shape index (κ1) is 19.9. The predicted octanol–water partition coefficient (Wildman–Crippen LogP) is 3.67. The molecule has 1 fully saturated rings. The SMILES string of the molecule is CC(C)Oc1ccc(NC(=O)/C=C/c2ccc(N3CCCS3(=O)=O)cc2)cc1. The minimum Gasteiger partial charge on any atom is -0.491 e. The molecule has 3 rings (SSSR count). The number of ether oxygens (including phenoxy) is 1. The average Bonchev–Trinajstić information content (AvgIpc) is 3.01. The number of benzene rings is 2. The van der Waals surface area contributed by atoms with Crippen LogP contribution in [0.25, 0.3) is 6.08 Å². The first-order chi connectivity index (χ1) is 13.3. The van der Waals surface area contributed by atoms with Crippen molar-refractivity contribution in [1.29, 1.82) is 0 Å². The maximum atomic E-state index is 12.1. The molecule has 1 N–H and O–H groups in total. The summed E-state index contributed by atoms with van der Waals surface area (Å²) in [6.45, 7) is 4.43. The van der Waals surface area contributed by atoms with Gasteiger partial charge < -0.3 is 10.1 Å². The highest BCUT2D eigenvalue weighted by Gasteiger charge is 2.28. The summed E-state index contributed by atoms with van der Waals surface area (Å²) in [5.74, 6) is 0.701. The van der Waals surface area contributed by atoms with Gasteiger partial charge in [0.25, 0.3) is 0 Å². The lowest BCUT2D eigenvalue weighted by Crippen LogP contribution is -2.24. The van der Waals surface area contributed by atoms with Crippen molar-refractivity contribution in [2.75, 3.05) is 21.9 Å². The Morgan fingerprint density at radius 3 is 2.36 bits per heavy atom. The largest absolute Gasteiger partial charge is 0.491 e. The molecule has 28 heavy (non-hydrogen) atoms. The number of sulfonamides is 1. The summed E-state index contributed by atoms with van der Waals surface area (Å²) in [7, 11) is -3.18. The Balaban J connectivity index is 1.58. The van der Waals surface area contributed by atoms with Crippen molar-refractivity contribution in [1.82, 2.24) is 0 Å². The summed E-state index contributed by atoms with van der Waals surface area (Å²) in [5.41, 5.74) is 2.15. The zero-order valence-corrected chi connectivity index (χ0v) is 16.8. The van der Waals surface area contributed by atoms with Crippen LogP contribution in [0.2, 0.25) is 0 Å². The first-order valence-corrected chi connectivity index (χ1v) is 10.8. The number of hydrogen-bond donors (Lipinski definition) is 1. The quantitative estimate of drug-likeness (QED) is 0.751. The lowest BCUT2D eigenvalue weighted by atomic mass is 10.2. The van der Waals surface area contributed by atoms with E-state index in [0.29, 0.717) is 24.3 Å². The molecular weight excluding hydrogens is 376 g/mol. The molecular formula is C21H24N2O4S. The minimum absolute atomic E-state index is 0.0975. The predicted molar refractivity (Wildman–Crippen MR) is 112 cm³/mol. The molecule has 148 valence electrons. The molecule has 2 aromatic carbocycles. The standard InChI is InChI=1S/C21H24N2O4S/c1-16(2)27-20-11-7-18(8-12-20)22-21(24)13-6-17-4-9-19(10-5-17)23-14-3-15-28(23,25)26/h4-13,16H,3,14-15H2,1-2H3,(H,22,24)/b13-6+. The van der Waals surface area contributed by atoms with Crippen molar-refractivity contribution in [3.05, 3.63) is 60.2 Å². The molecule has 2 aromatic rings. The topological polar surface area (TPSA) is 75.7 Å².